The van der Waals surface area contributed by atoms with E-state index in [0.717, 1.165) is 10.9 Å². The fourth-order valence-electron chi connectivity index (χ4n) is 2.75. The van der Waals surface area contributed by atoms with Crippen LogP contribution in [0.3, 0.4) is 0 Å². The zero-order valence-corrected chi connectivity index (χ0v) is 12.5. The fraction of sp³-hybridized carbons (Fsp3) is 0.375. The number of nitrogens with zero attached hydrogens (tertiary/aromatic N) is 2. The second-order valence-corrected chi connectivity index (χ2v) is 5.56. The maximum Gasteiger partial charge on any atom is 0.270 e. The van der Waals surface area contributed by atoms with Gasteiger partial charge >= 0.3 is 0 Å². The highest BCUT2D eigenvalue weighted by atomic mass is 16.3. The van der Waals surface area contributed by atoms with Crippen molar-refractivity contribution in [1.29, 1.82) is 0 Å². The van der Waals surface area contributed by atoms with Crippen LogP contribution >= 0.6 is 0 Å². The Hall–Kier alpha value is -2.34. The monoisotopic (exact) mass is 301 g/mol. The number of amides is 2. The highest BCUT2D eigenvalue weighted by Gasteiger charge is 2.27. The van der Waals surface area contributed by atoms with Gasteiger partial charge in [0.1, 0.15) is 11.8 Å². The highest BCUT2D eigenvalue weighted by molar-refractivity contribution is 5.98. The first-order valence-electron chi connectivity index (χ1n) is 7.40. The third-order valence-corrected chi connectivity index (χ3v) is 4.00. The predicted octanol–water partition coefficient (Wildman–Crippen LogP) is 0.833. The molecule has 1 saturated heterocycles. The summed E-state index contributed by atoms with van der Waals surface area (Å²) in [6.45, 7) is 3.33. The molecule has 1 fully saturated rings. The average Bonchev–Trinajstić information content (AvgIpc) is 2.97. The molecule has 1 atom stereocenters. The summed E-state index contributed by atoms with van der Waals surface area (Å²) < 4.78 is 0. The van der Waals surface area contributed by atoms with Crippen LogP contribution in [-0.4, -0.2) is 64.0 Å². The first-order valence-corrected chi connectivity index (χ1v) is 7.40. The summed E-state index contributed by atoms with van der Waals surface area (Å²) in [6, 6.07) is 9.61. The number of aromatic nitrogens is 1. The molecule has 116 valence electrons. The van der Waals surface area contributed by atoms with Gasteiger partial charge in [0.05, 0.1) is 0 Å². The maximum absolute atomic E-state index is 12.5. The Morgan fingerprint density at radius 1 is 1.14 bits per heavy atom. The minimum Gasteiger partial charge on any atom is -0.384 e. The molecule has 6 heteroatoms. The van der Waals surface area contributed by atoms with Gasteiger partial charge in [-0.25, -0.2) is 0 Å². The van der Waals surface area contributed by atoms with Gasteiger partial charge < -0.3 is 19.9 Å². The summed E-state index contributed by atoms with van der Waals surface area (Å²) in [5.41, 5.74) is 1.50. The molecule has 0 aliphatic carbocycles. The van der Waals surface area contributed by atoms with Crippen LogP contribution in [0, 0.1) is 0 Å². The van der Waals surface area contributed by atoms with Crippen molar-refractivity contribution in [2.45, 2.75) is 13.0 Å². The molecule has 2 heterocycles. The number of aromatic amines is 1. The fourth-order valence-corrected chi connectivity index (χ4v) is 2.75. The van der Waals surface area contributed by atoms with E-state index in [2.05, 4.69) is 4.98 Å². The standard InChI is InChI=1S/C16H19N3O3/c1-11(20)15(21)18-6-8-19(9-7-18)16(22)14-10-12-4-2-3-5-13(12)17-14/h2-5,10-11,17,20H,6-9H2,1H3. The zero-order valence-electron chi connectivity index (χ0n) is 12.5. The first kappa shape index (κ1) is 14.6. The van der Waals surface area contributed by atoms with Crippen molar-refractivity contribution in [3.63, 3.8) is 0 Å². The molecule has 6 nitrogen and oxygen atoms in total. The van der Waals surface area contributed by atoms with Crippen LogP contribution in [0.4, 0.5) is 0 Å². The molecule has 1 aromatic heterocycles. The Balaban J connectivity index is 1.68. The summed E-state index contributed by atoms with van der Waals surface area (Å²) in [4.78, 5) is 30.7. The van der Waals surface area contributed by atoms with E-state index in [1.54, 1.807) is 9.80 Å². The van der Waals surface area contributed by atoms with Crippen LogP contribution in [0.1, 0.15) is 17.4 Å². The number of H-pyrrole nitrogens is 1. The lowest BCUT2D eigenvalue weighted by molar-refractivity contribution is -0.140. The van der Waals surface area contributed by atoms with E-state index < -0.39 is 6.10 Å². The van der Waals surface area contributed by atoms with Gasteiger partial charge in [0.15, 0.2) is 0 Å². The van der Waals surface area contributed by atoms with Gasteiger partial charge in [-0.2, -0.15) is 0 Å². The van der Waals surface area contributed by atoms with Crippen molar-refractivity contribution in [2.75, 3.05) is 26.2 Å². The highest BCUT2D eigenvalue weighted by Crippen LogP contribution is 2.17. The second kappa shape index (κ2) is 5.81. The van der Waals surface area contributed by atoms with Gasteiger partial charge in [0, 0.05) is 37.1 Å². The summed E-state index contributed by atoms with van der Waals surface area (Å²) in [5, 5.41) is 10.3. The molecule has 22 heavy (non-hydrogen) atoms. The quantitative estimate of drug-likeness (QED) is 0.862. The van der Waals surface area contributed by atoms with Crippen LogP contribution in [0.15, 0.2) is 30.3 Å². The van der Waals surface area contributed by atoms with Crippen molar-refractivity contribution in [2.24, 2.45) is 0 Å². The van der Waals surface area contributed by atoms with Crippen molar-refractivity contribution in [1.82, 2.24) is 14.8 Å². The number of aliphatic hydroxyl groups excluding tert-OH is 1. The molecule has 2 N–H and O–H groups in total. The van der Waals surface area contributed by atoms with E-state index in [-0.39, 0.29) is 11.8 Å². The molecule has 1 unspecified atom stereocenters. The lowest BCUT2D eigenvalue weighted by atomic mass is 10.2. The lowest BCUT2D eigenvalue weighted by Crippen LogP contribution is -2.52. The van der Waals surface area contributed by atoms with Gasteiger partial charge in [-0.15, -0.1) is 0 Å². The number of para-hydroxylation sites is 1. The summed E-state index contributed by atoms with van der Waals surface area (Å²) in [5.74, 6) is -0.335. The zero-order chi connectivity index (χ0) is 15.7. The SMILES string of the molecule is CC(O)C(=O)N1CCN(C(=O)c2cc3ccccc3[nH]2)CC1. The van der Waals surface area contributed by atoms with Gasteiger partial charge in [0.25, 0.3) is 11.8 Å². The number of piperazine rings is 1. The number of aliphatic hydroxyl groups is 1. The molecule has 0 spiro atoms. The average molecular weight is 301 g/mol. The van der Waals surface area contributed by atoms with Crippen LogP contribution in [-0.2, 0) is 4.79 Å². The Morgan fingerprint density at radius 2 is 1.77 bits per heavy atom. The van der Waals surface area contributed by atoms with Crippen molar-refractivity contribution < 1.29 is 14.7 Å². The Morgan fingerprint density at radius 3 is 2.41 bits per heavy atom. The Labute approximate surface area is 128 Å². The van der Waals surface area contributed by atoms with Crippen LogP contribution in [0.25, 0.3) is 10.9 Å². The molecule has 1 aliphatic heterocycles. The first-order chi connectivity index (χ1) is 10.6. The van der Waals surface area contributed by atoms with Crippen molar-refractivity contribution in [3.05, 3.63) is 36.0 Å². The molecule has 0 saturated carbocycles. The molecular weight excluding hydrogens is 282 g/mol. The smallest absolute Gasteiger partial charge is 0.270 e. The molecule has 3 rings (SSSR count). The number of carbonyl (C=O) groups excluding carboxylic acids is 2. The second-order valence-electron chi connectivity index (χ2n) is 5.56. The summed E-state index contributed by atoms with van der Waals surface area (Å²) >= 11 is 0. The number of benzene rings is 1. The van der Waals surface area contributed by atoms with Crippen molar-refractivity contribution >= 4 is 22.7 Å². The van der Waals surface area contributed by atoms with Gasteiger partial charge in [-0.05, 0) is 19.1 Å². The summed E-state index contributed by atoms with van der Waals surface area (Å²) in [6.07, 6.45) is -0.990. The molecule has 0 bridgehead atoms. The Kier molecular flexibility index (Phi) is 3.85. The largest absolute Gasteiger partial charge is 0.384 e. The third kappa shape index (κ3) is 2.69. The number of fused-ring (bicyclic) bond motifs is 1. The molecule has 2 aromatic rings. The number of rotatable bonds is 2. The number of hydrogen-bond donors (Lipinski definition) is 2. The minimum absolute atomic E-state index is 0.0552. The third-order valence-electron chi connectivity index (χ3n) is 4.00. The van der Waals surface area contributed by atoms with Gasteiger partial charge in [-0.1, -0.05) is 18.2 Å². The van der Waals surface area contributed by atoms with Gasteiger partial charge in [0.2, 0.25) is 0 Å². The van der Waals surface area contributed by atoms with E-state index in [9.17, 15) is 14.7 Å². The molecular formula is C16H19N3O3. The van der Waals surface area contributed by atoms with E-state index in [0.29, 0.717) is 31.9 Å². The molecule has 1 aliphatic rings. The van der Waals surface area contributed by atoms with E-state index in [1.165, 1.54) is 6.92 Å². The van der Waals surface area contributed by atoms with Gasteiger partial charge in [-0.3, -0.25) is 9.59 Å². The van der Waals surface area contributed by atoms with E-state index in [4.69, 9.17) is 0 Å². The van der Waals surface area contributed by atoms with Crippen LogP contribution in [0.5, 0.6) is 0 Å². The topological polar surface area (TPSA) is 76.6 Å². The molecule has 0 radical (unpaired) electrons. The van der Waals surface area contributed by atoms with Crippen LogP contribution in [0.2, 0.25) is 0 Å². The van der Waals surface area contributed by atoms with E-state index in [1.807, 2.05) is 30.3 Å². The number of hydrogen-bond acceptors (Lipinski definition) is 3. The normalized spacial score (nSPS) is 16.8. The number of nitrogens with one attached hydrogen (secondary N) is 1. The van der Waals surface area contributed by atoms with Crippen molar-refractivity contribution in [3.8, 4) is 0 Å². The molecule has 1 aromatic carbocycles. The number of carbonyl (C=O) groups is 2. The maximum atomic E-state index is 12.5. The lowest BCUT2D eigenvalue weighted by Gasteiger charge is -2.35. The summed E-state index contributed by atoms with van der Waals surface area (Å²) in [7, 11) is 0. The predicted molar refractivity (Wildman–Crippen MR) is 82.5 cm³/mol. The minimum atomic E-state index is -0.990. The van der Waals surface area contributed by atoms with Crippen LogP contribution < -0.4 is 0 Å². The van der Waals surface area contributed by atoms with E-state index >= 15 is 0 Å². The Bertz CT molecular complexity index is 666. The molecule has 2 amide bonds.